The van der Waals surface area contributed by atoms with Gasteiger partial charge in [-0.1, -0.05) is 0 Å². The molecule has 2 unspecified atom stereocenters. The normalized spacial score (nSPS) is 19.3. The Morgan fingerprint density at radius 3 is 2.34 bits per heavy atom. The summed E-state index contributed by atoms with van der Waals surface area (Å²) in [6.45, 7) is 7.15. The van der Waals surface area contributed by atoms with Crippen LogP contribution < -0.4 is 0 Å². The molecule has 1 heterocycles. The predicted octanol–water partition coefficient (Wildman–Crippen LogP) is 8.24. The molecular weight excluding hydrogens is 518 g/mol. The third kappa shape index (κ3) is 3.46. The molecule has 3 heteroatoms. The van der Waals surface area contributed by atoms with Gasteiger partial charge >= 0.3 is 213 Å². The van der Waals surface area contributed by atoms with Gasteiger partial charge in [0.25, 0.3) is 0 Å². The van der Waals surface area contributed by atoms with Crippen molar-refractivity contribution in [3.63, 3.8) is 0 Å². The van der Waals surface area contributed by atoms with Crippen molar-refractivity contribution in [2.75, 3.05) is 0 Å². The van der Waals surface area contributed by atoms with E-state index in [2.05, 4.69) is 109 Å². The SMILES string of the molecule is CCC1=Cc2c(-c3cccc4cccnc34)cccc2[CH]1[Zr]([CH3])([CH3])(=[SiH2])[CH]1C(C)=Cc2ccccc21. The second-order valence-corrected chi connectivity index (χ2v) is 42.1. The van der Waals surface area contributed by atoms with Crippen LogP contribution in [0.2, 0.25) is 9.26 Å². The third-order valence-corrected chi connectivity index (χ3v) is 26.2. The molecule has 3 aromatic carbocycles. The zero-order chi connectivity index (χ0) is 24.4. The van der Waals surface area contributed by atoms with E-state index in [1.54, 1.807) is 22.3 Å². The molecule has 0 aliphatic heterocycles. The summed E-state index contributed by atoms with van der Waals surface area (Å²) >= 11 is -3.44. The van der Waals surface area contributed by atoms with E-state index >= 15 is 0 Å². The van der Waals surface area contributed by atoms with E-state index < -0.39 is 17.4 Å². The minimum atomic E-state index is -3.44. The van der Waals surface area contributed by atoms with Crippen molar-refractivity contribution < 1.29 is 17.4 Å². The fourth-order valence-electron chi connectivity index (χ4n) is 7.35. The van der Waals surface area contributed by atoms with Gasteiger partial charge in [-0.05, 0) is 0 Å². The molecule has 0 radical (unpaired) electrons. The molecule has 1 aromatic heterocycles. The number of rotatable bonds is 4. The molecule has 4 aromatic rings. The number of nitrogens with zero attached hydrogens (tertiary/aromatic N) is 1. The zero-order valence-corrected chi connectivity index (χ0v) is 25.0. The standard InChI is InChI=1S/C20H16N.C10H9.2CH3.H2Si.Zr/c1-2-14-12-16-7-4-9-17(19(16)13-14)18-10-3-6-15-8-5-11-21-20(15)18;1-8-6-9-4-2-3-5-10(9)7-8;;;;/h3-13H,2H2,1H3;2-7H,1H3;2*1H3;1H2;. The van der Waals surface area contributed by atoms with Crippen LogP contribution in [0.3, 0.4) is 0 Å². The number of pyridine rings is 1. The number of hydrogen-bond acceptors (Lipinski definition) is 1. The molecule has 35 heavy (non-hydrogen) atoms. The molecule has 2 aliphatic rings. The Bertz CT molecular complexity index is 1630. The second kappa shape index (κ2) is 8.08. The van der Waals surface area contributed by atoms with Gasteiger partial charge in [-0.3, -0.25) is 0 Å². The molecule has 0 spiro atoms. The molecular formula is C32H33NSiZr. The Balaban J connectivity index is 1.57. The fraction of sp³-hybridized carbons (Fsp3) is 0.219. The Kier molecular flexibility index (Phi) is 5.33. The van der Waals surface area contributed by atoms with Crippen LogP contribution in [0, 0.1) is 0 Å². The summed E-state index contributed by atoms with van der Waals surface area (Å²) in [7, 11) is 0. The van der Waals surface area contributed by atoms with Gasteiger partial charge in [-0.2, -0.15) is 0 Å². The van der Waals surface area contributed by atoms with E-state index in [4.69, 9.17) is 4.98 Å². The van der Waals surface area contributed by atoms with Crippen molar-refractivity contribution in [1.82, 2.24) is 4.98 Å². The number of para-hydroxylation sites is 1. The molecule has 0 fully saturated rings. The van der Waals surface area contributed by atoms with E-state index in [-0.39, 0.29) is 0 Å². The van der Waals surface area contributed by atoms with Gasteiger partial charge in [0.15, 0.2) is 0 Å². The Morgan fingerprint density at radius 1 is 0.800 bits per heavy atom. The van der Waals surface area contributed by atoms with Crippen molar-refractivity contribution in [2.45, 2.75) is 36.8 Å². The predicted molar refractivity (Wildman–Crippen MR) is 151 cm³/mol. The monoisotopic (exact) mass is 549 g/mol. The first-order valence-corrected chi connectivity index (χ1v) is 26.5. The van der Waals surface area contributed by atoms with Crippen molar-refractivity contribution >= 4 is 29.9 Å². The molecule has 1 nitrogen and oxygen atoms in total. The van der Waals surface area contributed by atoms with Crippen molar-refractivity contribution in [2.24, 2.45) is 0 Å². The molecule has 0 bridgehead atoms. The van der Waals surface area contributed by atoms with Crippen LogP contribution >= 0.6 is 0 Å². The summed E-state index contributed by atoms with van der Waals surface area (Å²) in [6.07, 6.45) is 8.02. The molecule has 0 N–H and O–H groups in total. The van der Waals surface area contributed by atoms with Gasteiger partial charge in [0, 0.05) is 0 Å². The maximum atomic E-state index is 4.79. The average Bonchev–Trinajstić information content (AvgIpc) is 3.41. The zero-order valence-electron chi connectivity index (χ0n) is 21.2. The fourth-order valence-corrected chi connectivity index (χ4v) is 28.1. The number of allylic oxidation sites excluding steroid dienone is 2. The van der Waals surface area contributed by atoms with Crippen LogP contribution in [-0.2, 0) is 17.4 Å². The summed E-state index contributed by atoms with van der Waals surface area (Å²) in [4.78, 5) is 4.79. The summed E-state index contributed by atoms with van der Waals surface area (Å²) in [5.74, 6) is 0. The van der Waals surface area contributed by atoms with E-state index in [9.17, 15) is 0 Å². The average molecular weight is 551 g/mol. The number of fused-ring (bicyclic) bond motifs is 3. The molecule has 0 saturated carbocycles. The third-order valence-electron chi connectivity index (χ3n) is 8.52. The van der Waals surface area contributed by atoms with Crippen LogP contribution in [0.1, 0.15) is 49.8 Å². The number of benzene rings is 3. The van der Waals surface area contributed by atoms with Crippen LogP contribution in [-0.4, -0.2) is 11.9 Å². The van der Waals surface area contributed by atoms with Crippen LogP contribution in [0.4, 0.5) is 0 Å². The Morgan fingerprint density at radius 2 is 1.51 bits per heavy atom. The summed E-state index contributed by atoms with van der Waals surface area (Å²) in [6, 6.07) is 26.9. The van der Waals surface area contributed by atoms with Gasteiger partial charge < -0.3 is 0 Å². The van der Waals surface area contributed by atoms with Gasteiger partial charge in [0.05, 0.1) is 0 Å². The maximum absolute atomic E-state index is 4.79. The van der Waals surface area contributed by atoms with E-state index in [1.807, 2.05) is 12.3 Å². The summed E-state index contributed by atoms with van der Waals surface area (Å²) in [5, 5.41) is 1.20. The number of aromatic nitrogens is 1. The van der Waals surface area contributed by atoms with Crippen LogP contribution in [0.5, 0.6) is 0 Å². The first-order valence-electron chi connectivity index (χ1n) is 12.8. The molecule has 174 valence electrons. The van der Waals surface area contributed by atoms with Crippen LogP contribution in [0.25, 0.3) is 34.2 Å². The topological polar surface area (TPSA) is 12.9 Å². The molecule has 2 atom stereocenters. The van der Waals surface area contributed by atoms with Crippen molar-refractivity contribution in [3.05, 3.63) is 112 Å². The first kappa shape index (κ1) is 23.1. The van der Waals surface area contributed by atoms with Gasteiger partial charge in [-0.15, -0.1) is 0 Å². The molecule has 6 rings (SSSR count). The summed E-state index contributed by atoms with van der Waals surface area (Å²) < 4.78 is 6.58. The molecule has 0 saturated heterocycles. The van der Waals surface area contributed by atoms with Crippen LogP contribution in [0.15, 0.2) is 90.1 Å². The Hall–Kier alpha value is -2.35. The molecule has 0 amide bonds. The van der Waals surface area contributed by atoms with Crippen molar-refractivity contribution in [1.29, 1.82) is 0 Å². The van der Waals surface area contributed by atoms with Gasteiger partial charge in [0.1, 0.15) is 0 Å². The Labute approximate surface area is 211 Å². The van der Waals surface area contributed by atoms with Crippen molar-refractivity contribution in [3.8, 4) is 11.1 Å². The quantitative estimate of drug-likeness (QED) is 0.233. The summed E-state index contributed by atoms with van der Waals surface area (Å²) in [5.41, 5.74) is 12.8. The van der Waals surface area contributed by atoms with Gasteiger partial charge in [0.2, 0.25) is 0 Å². The number of hydrogen-bond donors (Lipinski definition) is 0. The van der Waals surface area contributed by atoms with Gasteiger partial charge in [-0.25, -0.2) is 0 Å². The van der Waals surface area contributed by atoms with E-state index in [0.29, 0.717) is 7.25 Å². The van der Waals surface area contributed by atoms with E-state index in [1.165, 1.54) is 27.6 Å². The second-order valence-electron chi connectivity index (χ2n) is 11.6. The van der Waals surface area contributed by atoms with E-state index in [0.717, 1.165) is 11.9 Å². The molecule has 2 aliphatic carbocycles. The first-order chi connectivity index (χ1) is 16.8. The minimum absolute atomic E-state index is 0.553.